The van der Waals surface area contributed by atoms with Gasteiger partial charge in [0, 0.05) is 12.7 Å². The predicted octanol–water partition coefficient (Wildman–Crippen LogP) is 2.67. The molecule has 0 N–H and O–H groups in total. The fourth-order valence-corrected chi connectivity index (χ4v) is 3.63. The SMILES string of the molecule is Cc1ccn2cnc(C(=O)N3CCOCC3CC3CCC3)c2c1. The van der Waals surface area contributed by atoms with E-state index >= 15 is 0 Å². The normalized spacial score (nSPS) is 22.3. The molecule has 0 aromatic carbocycles. The molecule has 122 valence electrons. The van der Waals surface area contributed by atoms with Crippen LogP contribution in [0.3, 0.4) is 0 Å². The number of carbonyl (C=O) groups excluding carboxylic acids is 1. The Morgan fingerprint density at radius 3 is 3.09 bits per heavy atom. The van der Waals surface area contributed by atoms with Crippen LogP contribution >= 0.6 is 0 Å². The maximum Gasteiger partial charge on any atom is 0.275 e. The summed E-state index contributed by atoms with van der Waals surface area (Å²) in [6.45, 7) is 3.99. The van der Waals surface area contributed by atoms with E-state index in [0.29, 0.717) is 25.5 Å². The van der Waals surface area contributed by atoms with Gasteiger partial charge in [0.1, 0.15) is 6.33 Å². The van der Waals surface area contributed by atoms with Crippen LogP contribution < -0.4 is 0 Å². The van der Waals surface area contributed by atoms with Gasteiger partial charge in [-0.15, -0.1) is 0 Å². The molecule has 23 heavy (non-hydrogen) atoms. The maximum atomic E-state index is 13.1. The lowest BCUT2D eigenvalue weighted by Crippen LogP contribution is -2.50. The van der Waals surface area contributed by atoms with Crippen LogP contribution in [0, 0.1) is 12.8 Å². The van der Waals surface area contributed by atoms with Gasteiger partial charge < -0.3 is 14.0 Å². The first-order valence-electron chi connectivity index (χ1n) is 8.54. The Bertz CT molecular complexity index is 720. The summed E-state index contributed by atoms with van der Waals surface area (Å²) in [7, 11) is 0. The zero-order valence-electron chi connectivity index (χ0n) is 13.6. The Labute approximate surface area is 136 Å². The Kier molecular flexibility index (Phi) is 3.81. The third-order valence-electron chi connectivity index (χ3n) is 5.22. The lowest BCUT2D eigenvalue weighted by molar-refractivity contribution is -0.0125. The molecule has 5 heteroatoms. The number of morpholine rings is 1. The number of imidazole rings is 1. The van der Waals surface area contributed by atoms with Crippen molar-refractivity contribution >= 4 is 11.4 Å². The van der Waals surface area contributed by atoms with Gasteiger partial charge in [-0.05, 0) is 37.0 Å². The Hall–Kier alpha value is -1.88. The summed E-state index contributed by atoms with van der Waals surface area (Å²) >= 11 is 0. The third kappa shape index (κ3) is 2.74. The molecule has 2 fully saturated rings. The van der Waals surface area contributed by atoms with Crippen LogP contribution in [0.4, 0.5) is 0 Å². The molecule has 1 saturated carbocycles. The number of hydrogen-bond donors (Lipinski definition) is 0. The van der Waals surface area contributed by atoms with Crippen LogP contribution in [-0.4, -0.2) is 46.0 Å². The molecule has 0 radical (unpaired) electrons. The maximum absolute atomic E-state index is 13.1. The highest BCUT2D eigenvalue weighted by molar-refractivity contribution is 5.99. The minimum Gasteiger partial charge on any atom is -0.377 e. The van der Waals surface area contributed by atoms with Gasteiger partial charge >= 0.3 is 0 Å². The van der Waals surface area contributed by atoms with E-state index in [9.17, 15) is 4.79 Å². The third-order valence-corrected chi connectivity index (χ3v) is 5.22. The topological polar surface area (TPSA) is 46.8 Å². The van der Waals surface area contributed by atoms with Gasteiger partial charge in [-0.2, -0.15) is 0 Å². The van der Waals surface area contributed by atoms with E-state index in [0.717, 1.165) is 23.4 Å². The van der Waals surface area contributed by atoms with Gasteiger partial charge in [-0.25, -0.2) is 4.98 Å². The number of amides is 1. The summed E-state index contributed by atoms with van der Waals surface area (Å²) in [5, 5.41) is 0. The summed E-state index contributed by atoms with van der Waals surface area (Å²) in [5.74, 6) is 0.809. The fraction of sp³-hybridized carbons (Fsp3) is 0.556. The molecule has 1 aliphatic heterocycles. The number of aryl methyl sites for hydroxylation is 1. The number of hydrogen-bond acceptors (Lipinski definition) is 3. The van der Waals surface area contributed by atoms with Crippen LogP contribution in [0.5, 0.6) is 0 Å². The highest BCUT2D eigenvalue weighted by Gasteiger charge is 2.33. The van der Waals surface area contributed by atoms with Gasteiger partial charge in [0.05, 0.1) is 24.8 Å². The Morgan fingerprint density at radius 1 is 1.43 bits per heavy atom. The molecule has 1 unspecified atom stereocenters. The van der Waals surface area contributed by atoms with E-state index in [1.54, 1.807) is 6.33 Å². The minimum absolute atomic E-state index is 0.0470. The van der Waals surface area contributed by atoms with Crippen molar-refractivity contribution in [3.05, 3.63) is 35.9 Å². The largest absolute Gasteiger partial charge is 0.377 e. The highest BCUT2D eigenvalue weighted by atomic mass is 16.5. The van der Waals surface area contributed by atoms with Gasteiger partial charge in [0.2, 0.25) is 0 Å². The first-order chi connectivity index (χ1) is 11.2. The van der Waals surface area contributed by atoms with E-state index in [-0.39, 0.29) is 11.9 Å². The molecule has 0 spiro atoms. The molecule has 5 nitrogen and oxygen atoms in total. The average molecular weight is 313 g/mol. The molecular formula is C18H23N3O2. The smallest absolute Gasteiger partial charge is 0.275 e. The van der Waals surface area contributed by atoms with E-state index in [1.807, 2.05) is 34.6 Å². The van der Waals surface area contributed by atoms with Crippen molar-refractivity contribution < 1.29 is 9.53 Å². The van der Waals surface area contributed by atoms with Gasteiger partial charge in [0.15, 0.2) is 5.69 Å². The van der Waals surface area contributed by atoms with Crippen molar-refractivity contribution in [1.29, 1.82) is 0 Å². The fourth-order valence-electron chi connectivity index (χ4n) is 3.63. The number of fused-ring (bicyclic) bond motifs is 1. The molecular weight excluding hydrogens is 290 g/mol. The molecule has 2 aliphatic rings. The Balaban J connectivity index is 1.61. The quantitative estimate of drug-likeness (QED) is 0.875. The van der Waals surface area contributed by atoms with Crippen molar-refractivity contribution in [1.82, 2.24) is 14.3 Å². The van der Waals surface area contributed by atoms with Crippen molar-refractivity contribution in [2.45, 2.75) is 38.6 Å². The van der Waals surface area contributed by atoms with Crippen molar-refractivity contribution in [2.24, 2.45) is 5.92 Å². The molecule has 2 aromatic rings. The number of nitrogens with zero attached hydrogens (tertiary/aromatic N) is 3. The molecule has 1 saturated heterocycles. The second-order valence-electron chi connectivity index (χ2n) is 6.85. The molecule has 0 bridgehead atoms. The molecule has 4 rings (SSSR count). The summed E-state index contributed by atoms with van der Waals surface area (Å²) in [4.78, 5) is 19.5. The van der Waals surface area contributed by atoms with E-state index < -0.39 is 0 Å². The summed E-state index contributed by atoms with van der Waals surface area (Å²) in [6, 6.07) is 4.25. The lowest BCUT2D eigenvalue weighted by atomic mass is 9.80. The average Bonchev–Trinajstić information content (AvgIpc) is 2.93. The summed E-state index contributed by atoms with van der Waals surface area (Å²) in [5.41, 5.74) is 2.60. The predicted molar refractivity (Wildman–Crippen MR) is 87.5 cm³/mol. The van der Waals surface area contributed by atoms with Gasteiger partial charge in [0.25, 0.3) is 5.91 Å². The number of pyridine rings is 1. The number of ether oxygens (including phenoxy) is 1. The van der Waals surface area contributed by atoms with Crippen LogP contribution in [0.25, 0.3) is 5.52 Å². The summed E-state index contributed by atoms with van der Waals surface area (Å²) in [6.07, 6.45) is 8.67. The van der Waals surface area contributed by atoms with Crippen LogP contribution in [0.2, 0.25) is 0 Å². The van der Waals surface area contributed by atoms with E-state index in [1.165, 1.54) is 19.3 Å². The standard InChI is InChI=1S/C18H23N3O2/c1-13-5-6-20-12-19-17(16(20)9-13)18(22)21-7-8-23-11-15(21)10-14-3-2-4-14/h5-6,9,12,14-15H,2-4,7-8,10-11H2,1H3. The van der Waals surface area contributed by atoms with Gasteiger partial charge in [-0.1, -0.05) is 19.3 Å². The first kappa shape index (κ1) is 14.7. The molecule has 1 amide bonds. The minimum atomic E-state index is 0.0470. The molecule has 1 atom stereocenters. The van der Waals surface area contributed by atoms with Crippen molar-refractivity contribution in [3.63, 3.8) is 0 Å². The highest BCUT2D eigenvalue weighted by Crippen LogP contribution is 2.32. The second-order valence-corrected chi connectivity index (χ2v) is 6.85. The van der Waals surface area contributed by atoms with Crippen molar-refractivity contribution in [2.75, 3.05) is 19.8 Å². The van der Waals surface area contributed by atoms with Crippen LogP contribution in [0.1, 0.15) is 41.7 Å². The summed E-state index contributed by atoms with van der Waals surface area (Å²) < 4.78 is 7.55. The first-order valence-corrected chi connectivity index (χ1v) is 8.54. The molecule has 1 aliphatic carbocycles. The van der Waals surface area contributed by atoms with E-state index in [2.05, 4.69) is 4.98 Å². The molecule has 3 heterocycles. The molecule has 2 aromatic heterocycles. The van der Waals surface area contributed by atoms with E-state index in [4.69, 9.17) is 4.74 Å². The number of carbonyl (C=O) groups is 1. The zero-order chi connectivity index (χ0) is 15.8. The number of rotatable bonds is 3. The zero-order valence-corrected chi connectivity index (χ0v) is 13.6. The number of aromatic nitrogens is 2. The lowest BCUT2D eigenvalue weighted by Gasteiger charge is -2.39. The van der Waals surface area contributed by atoms with Crippen LogP contribution in [-0.2, 0) is 4.74 Å². The Morgan fingerprint density at radius 2 is 2.30 bits per heavy atom. The van der Waals surface area contributed by atoms with Gasteiger partial charge in [-0.3, -0.25) is 4.79 Å². The van der Waals surface area contributed by atoms with Crippen molar-refractivity contribution in [3.8, 4) is 0 Å². The second kappa shape index (κ2) is 5.96. The van der Waals surface area contributed by atoms with Crippen LogP contribution in [0.15, 0.2) is 24.7 Å². The monoisotopic (exact) mass is 313 g/mol.